The Hall–Kier alpha value is -2.93. The molecule has 8 heteroatoms. The monoisotopic (exact) mass is 376 g/mol. The first kappa shape index (κ1) is 17.9. The molecule has 2 aromatic carbocycles. The normalized spacial score (nSPS) is 11.8. The highest BCUT2D eigenvalue weighted by atomic mass is 35.5. The Morgan fingerprint density at radius 3 is 2.69 bits per heavy atom. The van der Waals surface area contributed by atoms with Gasteiger partial charge in [0, 0.05) is 17.6 Å². The minimum absolute atomic E-state index is 0.176. The third-order valence-electron chi connectivity index (χ3n) is 3.83. The third kappa shape index (κ3) is 3.83. The minimum Gasteiger partial charge on any atom is -0.495 e. The molecular formula is C18H17ClN2O5. The summed E-state index contributed by atoms with van der Waals surface area (Å²) in [5, 5.41) is 5.59. The van der Waals surface area contributed by atoms with Crippen LogP contribution in [0.1, 0.15) is 11.1 Å². The smallest absolute Gasteiger partial charge is 0.313 e. The van der Waals surface area contributed by atoms with Gasteiger partial charge in [-0.3, -0.25) is 9.59 Å². The number of fused-ring (bicyclic) bond motifs is 1. The van der Waals surface area contributed by atoms with Crippen molar-refractivity contribution in [3.63, 3.8) is 0 Å². The molecule has 1 aliphatic heterocycles. The van der Waals surface area contributed by atoms with Crippen molar-refractivity contribution in [3.8, 4) is 17.2 Å². The predicted octanol–water partition coefficient (Wildman–Crippen LogP) is 2.64. The second-order valence-corrected chi connectivity index (χ2v) is 6.03. The van der Waals surface area contributed by atoms with E-state index in [4.69, 9.17) is 25.8 Å². The van der Waals surface area contributed by atoms with Crippen molar-refractivity contribution in [1.29, 1.82) is 0 Å². The van der Waals surface area contributed by atoms with Gasteiger partial charge in [-0.25, -0.2) is 0 Å². The van der Waals surface area contributed by atoms with Gasteiger partial charge in [-0.15, -0.1) is 0 Å². The lowest BCUT2D eigenvalue weighted by molar-refractivity contribution is -0.136. The van der Waals surface area contributed by atoms with Gasteiger partial charge in [-0.1, -0.05) is 17.7 Å². The third-order valence-corrected chi connectivity index (χ3v) is 4.23. The Balaban J connectivity index is 1.62. The first-order chi connectivity index (χ1) is 12.5. The largest absolute Gasteiger partial charge is 0.495 e. The fraction of sp³-hybridized carbons (Fsp3) is 0.222. The molecule has 26 heavy (non-hydrogen) atoms. The number of carbonyl (C=O) groups is 2. The number of rotatable bonds is 4. The summed E-state index contributed by atoms with van der Waals surface area (Å²) in [5.74, 6) is 0.0752. The fourth-order valence-corrected chi connectivity index (χ4v) is 2.58. The van der Waals surface area contributed by atoms with Crippen molar-refractivity contribution in [2.75, 3.05) is 19.2 Å². The number of ether oxygens (including phenoxy) is 3. The van der Waals surface area contributed by atoms with Gasteiger partial charge in [0.2, 0.25) is 6.79 Å². The average molecular weight is 377 g/mol. The number of anilines is 1. The minimum atomic E-state index is -0.800. The number of halogens is 1. The lowest BCUT2D eigenvalue weighted by Crippen LogP contribution is -2.35. The Kier molecular flexibility index (Phi) is 5.18. The highest BCUT2D eigenvalue weighted by molar-refractivity contribution is 6.40. The van der Waals surface area contributed by atoms with Crippen LogP contribution in [0.4, 0.5) is 5.69 Å². The Morgan fingerprint density at radius 1 is 1.15 bits per heavy atom. The topological polar surface area (TPSA) is 85.9 Å². The van der Waals surface area contributed by atoms with Crippen molar-refractivity contribution >= 4 is 29.1 Å². The van der Waals surface area contributed by atoms with Crippen molar-refractivity contribution in [3.05, 3.63) is 46.5 Å². The molecule has 2 N–H and O–H groups in total. The Morgan fingerprint density at radius 2 is 1.92 bits per heavy atom. The molecule has 0 saturated carbocycles. The summed E-state index contributed by atoms with van der Waals surface area (Å²) in [5.41, 5.74) is 1.91. The van der Waals surface area contributed by atoms with Gasteiger partial charge in [0.1, 0.15) is 5.75 Å². The summed E-state index contributed by atoms with van der Waals surface area (Å²) >= 11 is 6.03. The molecule has 0 aliphatic carbocycles. The van der Waals surface area contributed by atoms with Crippen molar-refractivity contribution in [2.24, 2.45) is 0 Å². The molecule has 0 bridgehead atoms. The van der Waals surface area contributed by atoms with Crippen LogP contribution in [-0.2, 0) is 16.1 Å². The average Bonchev–Trinajstić information content (AvgIpc) is 3.10. The zero-order chi connectivity index (χ0) is 18.7. The number of methoxy groups -OCH3 is 1. The van der Waals surface area contributed by atoms with Crippen molar-refractivity contribution in [2.45, 2.75) is 13.5 Å². The van der Waals surface area contributed by atoms with Gasteiger partial charge in [-0.05, 0) is 36.2 Å². The molecule has 0 spiro atoms. The van der Waals surface area contributed by atoms with Crippen LogP contribution in [0.25, 0.3) is 0 Å². The molecule has 0 saturated heterocycles. The molecule has 2 amide bonds. The van der Waals surface area contributed by atoms with Gasteiger partial charge < -0.3 is 24.8 Å². The second-order valence-electron chi connectivity index (χ2n) is 5.63. The Bertz CT molecular complexity index is 869. The van der Waals surface area contributed by atoms with E-state index in [9.17, 15) is 9.59 Å². The van der Waals surface area contributed by atoms with E-state index in [1.54, 1.807) is 37.3 Å². The number of amides is 2. The zero-order valence-electron chi connectivity index (χ0n) is 14.2. The van der Waals surface area contributed by atoms with Crippen LogP contribution in [0.5, 0.6) is 17.2 Å². The van der Waals surface area contributed by atoms with Gasteiger partial charge in [0.05, 0.1) is 12.8 Å². The molecule has 0 aromatic heterocycles. The molecular weight excluding hydrogens is 360 g/mol. The molecule has 0 radical (unpaired) electrons. The first-order valence-electron chi connectivity index (χ1n) is 7.80. The summed E-state index contributed by atoms with van der Waals surface area (Å²) in [4.78, 5) is 24.2. The fourth-order valence-electron chi connectivity index (χ4n) is 2.42. The summed E-state index contributed by atoms with van der Waals surface area (Å²) < 4.78 is 15.7. The van der Waals surface area contributed by atoms with E-state index in [0.717, 1.165) is 11.1 Å². The first-order valence-corrected chi connectivity index (χ1v) is 8.17. The SMILES string of the molecule is COc1cc(Cl)c(C)cc1NC(=O)C(=O)NCc1ccc2c(c1)OCO2. The molecule has 1 aliphatic rings. The zero-order valence-corrected chi connectivity index (χ0v) is 15.0. The maximum absolute atomic E-state index is 12.1. The number of nitrogens with one attached hydrogen (secondary N) is 2. The number of carbonyl (C=O) groups excluding carboxylic acids is 2. The van der Waals surface area contributed by atoms with E-state index < -0.39 is 11.8 Å². The highest BCUT2D eigenvalue weighted by Crippen LogP contribution is 2.32. The molecule has 136 valence electrons. The lowest BCUT2D eigenvalue weighted by atomic mass is 10.2. The van der Waals surface area contributed by atoms with E-state index in [2.05, 4.69) is 10.6 Å². The van der Waals surface area contributed by atoms with E-state index in [-0.39, 0.29) is 13.3 Å². The number of aryl methyl sites for hydroxylation is 1. The molecule has 7 nitrogen and oxygen atoms in total. The molecule has 0 fully saturated rings. The number of hydrogen-bond donors (Lipinski definition) is 2. The lowest BCUT2D eigenvalue weighted by Gasteiger charge is -2.12. The molecule has 3 rings (SSSR count). The van der Waals surface area contributed by atoms with Crippen LogP contribution in [-0.4, -0.2) is 25.7 Å². The maximum atomic E-state index is 12.1. The number of benzene rings is 2. The van der Waals surface area contributed by atoms with Crippen LogP contribution in [0, 0.1) is 6.92 Å². The molecule has 0 atom stereocenters. The van der Waals surface area contributed by atoms with Crippen molar-refractivity contribution < 1.29 is 23.8 Å². The second kappa shape index (κ2) is 7.53. The van der Waals surface area contributed by atoms with Gasteiger partial charge in [0.25, 0.3) is 0 Å². The summed E-state index contributed by atoms with van der Waals surface area (Å²) in [7, 11) is 1.45. The van der Waals surface area contributed by atoms with Crippen LogP contribution in [0.3, 0.4) is 0 Å². The van der Waals surface area contributed by atoms with E-state index in [0.29, 0.717) is 28.0 Å². The molecule has 2 aromatic rings. The van der Waals surface area contributed by atoms with Crippen LogP contribution < -0.4 is 24.8 Å². The van der Waals surface area contributed by atoms with Crippen LogP contribution in [0.2, 0.25) is 5.02 Å². The van der Waals surface area contributed by atoms with Crippen molar-refractivity contribution in [1.82, 2.24) is 5.32 Å². The summed E-state index contributed by atoms with van der Waals surface area (Å²) in [6.07, 6.45) is 0. The van der Waals surface area contributed by atoms with Crippen LogP contribution >= 0.6 is 11.6 Å². The van der Waals surface area contributed by atoms with Gasteiger partial charge >= 0.3 is 11.8 Å². The summed E-state index contributed by atoms with van der Waals surface area (Å²) in [6.45, 7) is 2.15. The predicted molar refractivity (Wildman–Crippen MR) is 95.8 cm³/mol. The molecule has 1 heterocycles. The number of hydrogen-bond acceptors (Lipinski definition) is 5. The van der Waals surface area contributed by atoms with E-state index in [1.807, 2.05) is 0 Å². The van der Waals surface area contributed by atoms with Gasteiger partial charge in [-0.2, -0.15) is 0 Å². The maximum Gasteiger partial charge on any atom is 0.313 e. The highest BCUT2D eigenvalue weighted by Gasteiger charge is 2.18. The molecule has 0 unspecified atom stereocenters. The standard InChI is InChI=1S/C18H17ClN2O5/c1-10-5-13(15(24-2)7-12(10)19)21-18(23)17(22)20-8-11-3-4-14-16(6-11)26-9-25-14/h3-7H,8-9H2,1-2H3,(H,20,22)(H,21,23). The van der Waals surface area contributed by atoms with Crippen LogP contribution in [0.15, 0.2) is 30.3 Å². The van der Waals surface area contributed by atoms with E-state index in [1.165, 1.54) is 7.11 Å². The van der Waals surface area contributed by atoms with E-state index >= 15 is 0 Å². The Labute approximate surface area is 155 Å². The quantitative estimate of drug-likeness (QED) is 0.801. The summed E-state index contributed by atoms with van der Waals surface area (Å²) in [6, 6.07) is 8.52. The van der Waals surface area contributed by atoms with Gasteiger partial charge in [0.15, 0.2) is 11.5 Å².